The quantitative estimate of drug-likeness (QED) is 0.814. The Hall–Kier alpha value is -1.82. The summed E-state index contributed by atoms with van der Waals surface area (Å²) in [4.78, 5) is 11.9. The molecule has 9 heteroatoms. The molecule has 1 amide bonds. The summed E-state index contributed by atoms with van der Waals surface area (Å²) in [5.74, 6) is -0.0598. The molecule has 0 fully saturated rings. The van der Waals surface area contributed by atoms with Crippen molar-refractivity contribution in [2.45, 2.75) is 4.34 Å². The van der Waals surface area contributed by atoms with Gasteiger partial charge < -0.3 is 10.6 Å². The minimum Gasteiger partial charge on any atom is -0.363 e. The highest BCUT2D eigenvalue weighted by atomic mass is 35.5. The summed E-state index contributed by atoms with van der Waals surface area (Å²) in [7, 11) is 1.75. The van der Waals surface area contributed by atoms with Gasteiger partial charge in [-0.05, 0) is 18.2 Å². The molecule has 0 aliphatic carbocycles. The number of anilines is 2. The zero-order chi connectivity index (χ0) is 15.2. The van der Waals surface area contributed by atoms with Crippen LogP contribution in [0.5, 0.6) is 0 Å². The summed E-state index contributed by atoms with van der Waals surface area (Å²) in [5, 5.41) is 23.5. The van der Waals surface area contributed by atoms with Gasteiger partial charge in [0.05, 0.1) is 17.0 Å². The van der Waals surface area contributed by atoms with Crippen molar-refractivity contribution in [3.05, 3.63) is 28.8 Å². The maximum Gasteiger partial charge on any atom is 0.234 e. The predicted octanol–water partition coefficient (Wildman–Crippen LogP) is 2.84. The van der Waals surface area contributed by atoms with E-state index in [1.54, 1.807) is 25.2 Å². The van der Waals surface area contributed by atoms with Crippen molar-refractivity contribution in [2.75, 3.05) is 23.4 Å². The van der Waals surface area contributed by atoms with Crippen LogP contribution in [0.1, 0.15) is 5.56 Å². The van der Waals surface area contributed by atoms with Gasteiger partial charge in [-0.15, -0.1) is 10.2 Å². The number of nitrogens with one attached hydrogen (secondary N) is 2. The first-order valence-corrected chi connectivity index (χ1v) is 7.94. The third-order valence-electron chi connectivity index (χ3n) is 2.32. The van der Waals surface area contributed by atoms with E-state index < -0.39 is 0 Å². The number of nitrogens with zero attached hydrogens (tertiary/aromatic N) is 3. The maximum absolute atomic E-state index is 11.9. The summed E-state index contributed by atoms with van der Waals surface area (Å²) in [6, 6.07) is 6.72. The molecule has 0 atom stereocenters. The molecule has 108 valence electrons. The summed E-state index contributed by atoms with van der Waals surface area (Å²) in [6.45, 7) is 0. The average Bonchev–Trinajstić information content (AvgIpc) is 2.93. The molecule has 2 N–H and O–H groups in total. The average molecular weight is 340 g/mol. The molecule has 6 nitrogen and oxygen atoms in total. The third-order valence-corrected chi connectivity index (χ3v) is 4.63. The Kier molecular flexibility index (Phi) is 5.38. The SMILES string of the molecule is CNc1nnc(SCC(=O)Nc2cc(Cl)ccc2C#N)s1. The first-order chi connectivity index (χ1) is 10.1. The highest BCUT2D eigenvalue weighted by Gasteiger charge is 2.10. The Bertz CT molecular complexity index is 697. The second-order valence-corrected chi connectivity index (χ2v) is 6.40. The van der Waals surface area contributed by atoms with Gasteiger partial charge in [0.2, 0.25) is 11.0 Å². The van der Waals surface area contributed by atoms with Crippen LogP contribution in [0.3, 0.4) is 0 Å². The van der Waals surface area contributed by atoms with Crippen LogP contribution in [0.4, 0.5) is 10.8 Å². The molecule has 0 aliphatic rings. The van der Waals surface area contributed by atoms with Crippen molar-refractivity contribution in [1.82, 2.24) is 10.2 Å². The van der Waals surface area contributed by atoms with Crippen LogP contribution in [0.2, 0.25) is 5.02 Å². The molecule has 0 spiro atoms. The van der Waals surface area contributed by atoms with E-state index in [-0.39, 0.29) is 11.7 Å². The van der Waals surface area contributed by atoms with Gasteiger partial charge in [-0.1, -0.05) is 34.7 Å². The Morgan fingerprint density at radius 1 is 1.52 bits per heavy atom. The summed E-state index contributed by atoms with van der Waals surface area (Å²) < 4.78 is 0.695. The summed E-state index contributed by atoms with van der Waals surface area (Å²) >= 11 is 8.51. The van der Waals surface area contributed by atoms with Crippen LogP contribution in [0.15, 0.2) is 22.5 Å². The minimum atomic E-state index is -0.236. The Morgan fingerprint density at radius 3 is 3.00 bits per heavy atom. The molecule has 2 aromatic rings. The Labute approximate surface area is 134 Å². The lowest BCUT2D eigenvalue weighted by Crippen LogP contribution is -2.14. The van der Waals surface area contributed by atoms with E-state index in [1.165, 1.54) is 23.1 Å². The first-order valence-electron chi connectivity index (χ1n) is 5.76. The van der Waals surface area contributed by atoms with Gasteiger partial charge >= 0.3 is 0 Å². The molecule has 0 unspecified atom stereocenters. The van der Waals surface area contributed by atoms with Crippen LogP contribution in [0.25, 0.3) is 0 Å². The van der Waals surface area contributed by atoms with Crippen molar-refractivity contribution in [2.24, 2.45) is 0 Å². The number of benzene rings is 1. The molecule has 0 saturated heterocycles. The lowest BCUT2D eigenvalue weighted by atomic mass is 10.2. The smallest absolute Gasteiger partial charge is 0.234 e. The number of nitriles is 1. The molecule has 2 rings (SSSR count). The first kappa shape index (κ1) is 15.6. The highest BCUT2D eigenvalue weighted by molar-refractivity contribution is 8.01. The van der Waals surface area contributed by atoms with E-state index in [1.807, 2.05) is 6.07 Å². The van der Waals surface area contributed by atoms with E-state index in [2.05, 4.69) is 20.8 Å². The van der Waals surface area contributed by atoms with Crippen molar-refractivity contribution in [3.63, 3.8) is 0 Å². The van der Waals surface area contributed by atoms with E-state index in [4.69, 9.17) is 16.9 Å². The second-order valence-electron chi connectivity index (χ2n) is 3.76. The maximum atomic E-state index is 11.9. The topological polar surface area (TPSA) is 90.7 Å². The zero-order valence-corrected chi connectivity index (χ0v) is 13.3. The number of rotatable bonds is 5. The van der Waals surface area contributed by atoms with Crippen molar-refractivity contribution >= 4 is 51.4 Å². The number of carbonyl (C=O) groups is 1. The fraction of sp³-hybridized carbons (Fsp3) is 0.167. The fourth-order valence-corrected chi connectivity index (χ4v) is 3.08. The second kappa shape index (κ2) is 7.26. The van der Waals surface area contributed by atoms with E-state index in [0.717, 1.165) is 0 Å². The van der Waals surface area contributed by atoms with E-state index >= 15 is 0 Å². The van der Waals surface area contributed by atoms with Crippen LogP contribution in [-0.2, 0) is 4.79 Å². The van der Waals surface area contributed by atoms with E-state index in [9.17, 15) is 4.79 Å². The van der Waals surface area contributed by atoms with Crippen molar-refractivity contribution in [3.8, 4) is 6.07 Å². The van der Waals surface area contributed by atoms with Gasteiger partial charge in [-0.3, -0.25) is 4.79 Å². The molecule has 0 saturated carbocycles. The molecular formula is C12H10ClN5OS2. The fourth-order valence-electron chi connectivity index (χ4n) is 1.40. The minimum absolute atomic E-state index is 0.176. The molecule has 0 aliphatic heterocycles. The highest BCUT2D eigenvalue weighted by Crippen LogP contribution is 2.25. The third kappa shape index (κ3) is 4.32. The summed E-state index contributed by atoms with van der Waals surface area (Å²) in [6.07, 6.45) is 0. The number of hydrogen-bond donors (Lipinski definition) is 2. The van der Waals surface area contributed by atoms with Crippen molar-refractivity contribution < 1.29 is 4.79 Å². The molecule has 1 aromatic carbocycles. The normalized spacial score (nSPS) is 9.95. The molecule has 0 bridgehead atoms. The van der Waals surface area contributed by atoms with Crippen molar-refractivity contribution in [1.29, 1.82) is 5.26 Å². The van der Waals surface area contributed by atoms with E-state index in [0.29, 0.717) is 25.7 Å². The summed E-state index contributed by atoms with van der Waals surface area (Å²) in [5.41, 5.74) is 0.773. The zero-order valence-electron chi connectivity index (χ0n) is 10.9. The van der Waals surface area contributed by atoms with Crippen LogP contribution >= 0.6 is 34.7 Å². The molecule has 0 radical (unpaired) electrons. The van der Waals surface area contributed by atoms with Gasteiger partial charge in [0, 0.05) is 12.1 Å². The number of aromatic nitrogens is 2. The largest absolute Gasteiger partial charge is 0.363 e. The number of carbonyl (C=O) groups excluding carboxylic acids is 1. The lowest BCUT2D eigenvalue weighted by Gasteiger charge is -2.06. The standard InChI is InChI=1S/C12H10ClN5OS2/c1-15-11-17-18-12(21-11)20-6-10(19)16-9-4-8(13)3-2-7(9)5-14/h2-4H,6H2,1H3,(H,15,17)(H,16,19). The number of thioether (sulfide) groups is 1. The monoisotopic (exact) mass is 339 g/mol. The number of hydrogen-bond acceptors (Lipinski definition) is 7. The van der Waals surface area contributed by atoms with Crippen LogP contribution in [0, 0.1) is 11.3 Å². The lowest BCUT2D eigenvalue weighted by molar-refractivity contribution is -0.113. The molecular weight excluding hydrogens is 330 g/mol. The molecule has 1 aromatic heterocycles. The van der Waals surface area contributed by atoms with Gasteiger partial charge in [-0.2, -0.15) is 5.26 Å². The van der Waals surface area contributed by atoms with Gasteiger partial charge in [-0.25, -0.2) is 0 Å². The number of amides is 1. The van der Waals surface area contributed by atoms with Crippen LogP contribution < -0.4 is 10.6 Å². The number of halogens is 1. The predicted molar refractivity (Wildman–Crippen MR) is 85.0 cm³/mol. The Morgan fingerprint density at radius 2 is 2.33 bits per heavy atom. The molecule has 1 heterocycles. The van der Waals surface area contributed by atoms with Gasteiger partial charge in [0.25, 0.3) is 0 Å². The Balaban J connectivity index is 1.96. The van der Waals surface area contributed by atoms with Gasteiger partial charge in [0.15, 0.2) is 4.34 Å². The van der Waals surface area contributed by atoms with Crippen LogP contribution in [-0.4, -0.2) is 28.9 Å². The van der Waals surface area contributed by atoms with Gasteiger partial charge in [0.1, 0.15) is 6.07 Å². The molecule has 21 heavy (non-hydrogen) atoms.